The van der Waals surface area contributed by atoms with Gasteiger partial charge in [0.15, 0.2) is 0 Å². The van der Waals surface area contributed by atoms with Crippen molar-refractivity contribution in [1.29, 1.82) is 0 Å². The van der Waals surface area contributed by atoms with Crippen LogP contribution in [0.4, 0.5) is 24.7 Å². The van der Waals surface area contributed by atoms with E-state index in [1.54, 1.807) is 24.3 Å². The second-order valence-electron chi connectivity index (χ2n) is 8.17. The zero-order valence-corrected chi connectivity index (χ0v) is 19.5. The van der Waals surface area contributed by atoms with Crippen molar-refractivity contribution in [1.82, 2.24) is 9.97 Å². The molecule has 0 bridgehead atoms. The predicted octanol–water partition coefficient (Wildman–Crippen LogP) is 3.93. The molecule has 0 saturated carbocycles. The van der Waals surface area contributed by atoms with Gasteiger partial charge in [0.1, 0.15) is 12.4 Å². The molecule has 0 atom stereocenters. The lowest BCUT2D eigenvalue weighted by atomic mass is 10.00. The highest BCUT2D eigenvalue weighted by Crippen LogP contribution is 2.33. The third-order valence-corrected chi connectivity index (χ3v) is 5.60. The van der Waals surface area contributed by atoms with Crippen molar-refractivity contribution in [2.45, 2.75) is 13.1 Å². The molecule has 190 valence electrons. The molecule has 0 spiro atoms. The lowest BCUT2D eigenvalue weighted by molar-refractivity contribution is -0.137. The van der Waals surface area contributed by atoms with E-state index < -0.39 is 17.6 Å². The summed E-state index contributed by atoms with van der Waals surface area (Å²) in [6, 6.07) is 9.62. The van der Waals surface area contributed by atoms with E-state index in [2.05, 4.69) is 20.2 Å². The van der Waals surface area contributed by atoms with Gasteiger partial charge in [-0.05, 0) is 47.9 Å². The molecule has 2 aromatic heterocycles. The molecule has 0 aliphatic carbocycles. The van der Waals surface area contributed by atoms with Gasteiger partial charge in [-0.15, -0.1) is 0 Å². The molecule has 4 rings (SSSR count). The van der Waals surface area contributed by atoms with Gasteiger partial charge in [-0.1, -0.05) is 6.07 Å². The first-order valence-electron chi connectivity index (χ1n) is 11.3. The van der Waals surface area contributed by atoms with Gasteiger partial charge in [-0.25, -0.2) is 0 Å². The second-order valence-corrected chi connectivity index (χ2v) is 8.17. The fraction of sp³-hybridized carbons (Fsp3) is 0.320. The van der Waals surface area contributed by atoms with Crippen LogP contribution in [0.5, 0.6) is 5.88 Å². The SMILES string of the molecule is Cc1ccc(NC(=O)c2cncc(C(F)(F)F)c2)cc1-c1cc(OCCO)nc(N2CCOCC2)c1. The molecule has 8 nitrogen and oxygen atoms in total. The number of benzene rings is 1. The van der Waals surface area contributed by atoms with Gasteiger partial charge in [0.25, 0.3) is 5.91 Å². The topological polar surface area (TPSA) is 96.8 Å². The molecule has 2 N–H and O–H groups in total. The lowest BCUT2D eigenvalue weighted by Gasteiger charge is -2.28. The number of carbonyl (C=O) groups excluding carboxylic acids is 1. The van der Waals surface area contributed by atoms with Gasteiger partial charge in [0.05, 0.1) is 30.9 Å². The summed E-state index contributed by atoms with van der Waals surface area (Å²) < 4.78 is 50.0. The average molecular weight is 502 g/mol. The number of aliphatic hydroxyl groups excluding tert-OH is 1. The molecule has 0 unspecified atom stereocenters. The van der Waals surface area contributed by atoms with Crippen molar-refractivity contribution in [3.05, 3.63) is 65.5 Å². The van der Waals surface area contributed by atoms with Crippen LogP contribution < -0.4 is 15.0 Å². The van der Waals surface area contributed by atoms with E-state index in [0.717, 1.165) is 29.0 Å². The summed E-state index contributed by atoms with van der Waals surface area (Å²) in [5, 5.41) is 11.8. The number of rotatable bonds is 7. The number of halogens is 3. The molecule has 11 heteroatoms. The van der Waals surface area contributed by atoms with E-state index in [1.807, 2.05) is 13.0 Å². The third kappa shape index (κ3) is 6.10. The van der Waals surface area contributed by atoms with E-state index in [9.17, 15) is 18.0 Å². The molecule has 1 amide bonds. The monoisotopic (exact) mass is 502 g/mol. The molecule has 1 saturated heterocycles. The van der Waals surface area contributed by atoms with E-state index in [1.165, 1.54) is 0 Å². The number of hydrogen-bond donors (Lipinski definition) is 2. The zero-order chi connectivity index (χ0) is 25.7. The number of morpholine rings is 1. The third-order valence-electron chi connectivity index (χ3n) is 5.60. The van der Waals surface area contributed by atoms with Crippen molar-refractivity contribution in [3.63, 3.8) is 0 Å². The summed E-state index contributed by atoms with van der Waals surface area (Å²) in [5.41, 5.74) is 1.66. The van der Waals surface area contributed by atoms with Crippen molar-refractivity contribution in [2.24, 2.45) is 0 Å². The van der Waals surface area contributed by atoms with Crippen LogP contribution in [0.15, 0.2) is 48.8 Å². The maximum Gasteiger partial charge on any atom is 0.417 e. The maximum absolute atomic E-state index is 13.0. The number of carbonyl (C=O) groups is 1. The van der Waals surface area contributed by atoms with Crippen LogP contribution in [0.2, 0.25) is 0 Å². The number of pyridine rings is 2. The number of nitrogens with zero attached hydrogens (tertiary/aromatic N) is 3. The van der Waals surface area contributed by atoms with Crippen LogP contribution in [-0.4, -0.2) is 60.5 Å². The summed E-state index contributed by atoms with van der Waals surface area (Å²) in [7, 11) is 0. The molecule has 3 heterocycles. The molecular weight excluding hydrogens is 477 g/mol. The Bertz CT molecular complexity index is 1230. The van der Waals surface area contributed by atoms with E-state index >= 15 is 0 Å². The standard InChI is InChI=1S/C25H25F3N4O4/c1-16-2-3-20(30-24(34)18-10-19(15-29-14-18)25(26,27)28)13-21(16)17-11-22(32-4-7-35-8-5-32)31-23(12-17)36-9-6-33/h2-3,10-15,33H,4-9H2,1H3,(H,30,34). The van der Waals surface area contributed by atoms with Crippen LogP contribution in [0.1, 0.15) is 21.5 Å². The van der Waals surface area contributed by atoms with Crippen LogP contribution >= 0.6 is 0 Å². The molecule has 3 aromatic rings. The first-order valence-corrected chi connectivity index (χ1v) is 11.3. The Kier molecular flexibility index (Phi) is 7.70. The highest BCUT2D eigenvalue weighted by molar-refractivity contribution is 6.04. The minimum absolute atomic E-state index is 0.0824. The van der Waals surface area contributed by atoms with Crippen LogP contribution in [0.25, 0.3) is 11.1 Å². The number of aliphatic hydroxyl groups is 1. The smallest absolute Gasteiger partial charge is 0.417 e. The summed E-state index contributed by atoms with van der Waals surface area (Å²) >= 11 is 0. The summed E-state index contributed by atoms with van der Waals surface area (Å²) in [5.74, 6) is 0.318. The number of aryl methyl sites for hydroxylation is 1. The molecule has 1 aliphatic heterocycles. The molecule has 36 heavy (non-hydrogen) atoms. The first kappa shape index (κ1) is 25.4. The lowest BCUT2D eigenvalue weighted by Crippen LogP contribution is -2.36. The molecule has 1 aromatic carbocycles. The summed E-state index contributed by atoms with van der Waals surface area (Å²) in [6.45, 7) is 4.29. The van der Waals surface area contributed by atoms with Gasteiger partial charge in [0.2, 0.25) is 5.88 Å². The number of amides is 1. The first-order chi connectivity index (χ1) is 17.2. The van der Waals surface area contributed by atoms with Gasteiger partial charge >= 0.3 is 6.18 Å². The minimum atomic E-state index is -4.60. The summed E-state index contributed by atoms with van der Waals surface area (Å²) in [4.78, 5) is 22.8. The number of ether oxygens (including phenoxy) is 2. The van der Waals surface area contributed by atoms with Gasteiger partial charge < -0.3 is 24.8 Å². The molecule has 1 aliphatic rings. The summed E-state index contributed by atoms with van der Waals surface area (Å²) in [6.07, 6.45) is -2.84. The van der Waals surface area contributed by atoms with E-state index in [-0.39, 0.29) is 18.8 Å². The predicted molar refractivity (Wildman–Crippen MR) is 127 cm³/mol. The minimum Gasteiger partial charge on any atom is -0.475 e. The number of anilines is 2. The van der Waals surface area contributed by atoms with Gasteiger partial charge in [0, 0.05) is 37.2 Å². The average Bonchev–Trinajstić information content (AvgIpc) is 2.88. The van der Waals surface area contributed by atoms with Crippen molar-refractivity contribution < 1.29 is 32.5 Å². The van der Waals surface area contributed by atoms with Crippen molar-refractivity contribution in [2.75, 3.05) is 49.7 Å². The molecular formula is C25H25F3N4O4. The highest BCUT2D eigenvalue weighted by Gasteiger charge is 2.31. The Hall–Kier alpha value is -3.70. The quantitative estimate of drug-likeness (QED) is 0.505. The Morgan fingerprint density at radius 3 is 2.67 bits per heavy atom. The van der Waals surface area contributed by atoms with Crippen LogP contribution in [0, 0.1) is 6.92 Å². The maximum atomic E-state index is 13.0. The second kappa shape index (κ2) is 10.9. The van der Waals surface area contributed by atoms with Crippen molar-refractivity contribution in [3.8, 4) is 17.0 Å². The van der Waals surface area contributed by atoms with E-state index in [0.29, 0.717) is 49.9 Å². The van der Waals surface area contributed by atoms with Crippen LogP contribution in [-0.2, 0) is 10.9 Å². The Balaban J connectivity index is 1.64. The Morgan fingerprint density at radius 2 is 1.94 bits per heavy atom. The van der Waals surface area contributed by atoms with Gasteiger partial charge in [-0.2, -0.15) is 18.2 Å². The zero-order valence-electron chi connectivity index (χ0n) is 19.5. The Labute approximate surface area is 205 Å². The Morgan fingerprint density at radius 1 is 1.17 bits per heavy atom. The number of alkyl halides is 3. The van der Waals surface area contributed by atoms with Gasteiger partial charge in [-0.3, -0.25) is 9.78 Å². The fourth-order valence-corrected chi connectivity index (χ4v) is 3.76. The normalized spacial score (nSPS) is 14.0. The van der Waals surface area contributed by atoms with E-state index in [4.69, 9.17) is 14.6 Å². The van der Waals surface area contributed by atoms with Crippen molar-refractivity contribution >= 4 is 17.4 Å². The highest BCUT2D eigenvalue weighted by atomic mass is 19.4. The van der Waals surface area contributed by atoms with Crippen LogP contribution in [0.3, 0.4) is 0 Å². The fourth-order valence-electron chi connectivity index (χ4n) is 3.76. The number of aromatic nitrogens is 2. The molecule has 1 fully saturated rings. The largest absolute Gasteiger partial charge is 0.475 e. The number of hydrogen-bond acceptors (Lipinski definition) is 7. The number of nitrogens with one attached hydrogen (secondary N) is 1. The molecule has 0 radical (unpaired) electrons.